The van der Waals surface area contributed by atoms with Crippen molar-refractivity contribution in [2.45, 2.75) is 19.9 Å². The van der Waals surface area contributed by atoms with Gasteiger partial charge in [0, 0.05) is 25.2 Å². The van der Waals surface area contributed by atoms with Crippen LogP contribution in [0.2, 0.25) is 5.02 Å². The summed E-state index contributed by atoms with van der Waals surface area (Å²) in [4.78, 5) is 0. The average molecular weight is 245 g/mol. The molecule has 2 N–H and O–H groups in total. The fourth-order valence-corrected chi connectivity index (χ4v) is 1.58. The number of hydrogen-bond acceptors (Lipinski definition) is 2. The van der Waals surface area contributed by atoms with Gasteiger partial charge >= 0.3 is 0 Å². The van der Waals surface area contributed by atoms with E-state index in [0.717, 1.165) is 26.1 Å². The number of nitrogens with one attached hydrogen (secondary N) is 2. The summed E-state index contributed by atoms with van der Waals surface area (Å²) in [5.41, 5.74) is 0.614. The lowest BCUT2D eigenvalue weighted by molar-refractivity contribution is 0.572. The van der Waals surface area contributed by atoms with Gasteiger partial charge in [-0.1, -0.05) is 30.7 Å². The van der Waals surface area contributed by atoms with E-state index in [0.29, 0.717) is 12.1 Å². The Morgan fingerprint density at radius 1 is 1.19 bits per heavy atom. The third-order valence-electron chi connectivity index (χ3n) is 2.25. The summed E-state index contributed by atoms with van der Waals surface area (Å²) in [6.45, 7) is 5.39. The normalized spacial score (nSPS) is 10.7. The van der Waals surface area contributed by atoms with Gasteiger partial charge in [-0.3, -0.25) is 0 Å². The van der Waals surface area contributed by atoms with Crippen molar-refractivity contribution in [2.75, 3.05) is 19.6 Å². The summed E-state index contributed by atoms with van der Waals surface area (Å²) in [6, 6.07) is 5.06. The second-order valence-corrected chi connectivity index (χ2v) is 4.05. The first-order chi connectivity index (χ1) is 7.75. The third kappa shape index (κ3) is 4.47. The highest BCUT2D eigenvalue weighted by atomic mass is 35.5. The van der Waals surface area contributed by atoms with Gasteiger partial charge in [-0.25, -0.2) is 4.39 Å². The summed E-state index contributed by atoms with van der Waals surface area (Å²) in [5, 5.41) is 6.62. The highest BCUT2D eigenvalue weighted by molar-refractivity contribution is 6.30. The molecule has 0 aliphatic carbocycles. The van der Waals surface area contributed by atoms with Crippen LogP contribution < -0.4 is 10.6 Å². The van der Waals surface area contributed by atoms with Crippen molar-refractivity contribution in [3.8, 4) is 0 Å². The van der Waals surface area contributed by atoms with Crippen LogP contribution in [0.1, 0.15) is 18.9 Å². The highest BCUT2D eigenvalue weighted by Crippen LogP contribution is 2.17. The van der Waals surface area contributed by atoms with Crippen LogP contribution >= 0.6 is 11.6 Å². The van der Waals surface area contributed by atoms with Gasteiger partial charge in [0.05, 0.1) is 5.02 Å². The van der Waals surface area contributed by atoms with Crippen LogP contribution in [0.15, 0.2) is 18.2 Å². The molecule has 1 rings (SSSR count). The molecule has 0 fully saturated rings. The molecule has 0 saturated carbocycles. The SMILES string of the molecule is CCCNCCNCc1cccc(Cl)c1F. The zero-order chi connectivity index (χ0) is 11.8. The van der Waals surface area contributed by atoms with Gasteiger partial charge in [0.25, 0.3) is 0 Å². The summed E-state index contributed by atoms with van der Waals surface area (Å²) < 4.78 is 13.4. The van der Waals surface area contributed by atoms with Crippen LogP contribution in [0.3, 0.4) is 0 Å². The monoisotopic (exact) mass is 244 g/mol. The van der Waals surface area contributed by atoms with Crippen molar-refractivity contribution in [1.29, 1.82) is 0 Å². The first-order valence-corrected chi connectivity index (χ1v) is 5.97. The van der Waals surface area contributed by atoms with Gasteiger partial charge in [0.15, 0.2) is 0 Å². The minimum absolute atomic E-state index is 0.184. The molecule has 1 aromatic rings. The molecule has 0 heterocycles. The summed E-state index contributed by atoms with van der Waals surface area (Å²) >= 11 is 5.68. The second kappa shape index (κ2) is 7.60. The first kappa shape index (κ1) is 13.4. The molecule has 1 aromatic carbocycles. The Morgan fingerprint density at radius 3 is 2.69 bits per heavy atom. The Hall–Kier alpha value is -0.640. The van der Waals surface area contributed by atoms with Crippen molar-refractivity contribution < 1.29 is 4.39 Å². The second-order valence-electron chi connectivity index (χ2n) is 3.64. The number of benzene rings is 1. The van der Waals surface area contributed by atoms with Gasteiger partial charge in [-0.05, 0) is 19.0 Å². The van der Waals surface area contributed by atoms with Crippen LogP contribution in [0.25, 0.3) is 0 Å². The molecule has 0 aliphatic rings. The molecule has 0 amide bonds. The Kier molecular flexibility index (Phi) is 6.38. The van der Waals surface area contributed by atoms with E-state index in [1.807, 2.05) is 0 Å². The molecule has 0 bridgehead atoms. The molecule has 0 spiro atoms. The minimum atomic E-state index is -0.321. The lowest BCUT2D eigenvalue weighted by atomic mass is 10.2. The molecular weight excluding hydrogens is 227 g/mol. The Bertz CT molecular complexity index is 318. The van der Waals surface area contributed by atoms with E-state index < -0.39 is 0 Å². The maximum absolute atomic E-state index is 13.4. The maximum atomic E-state index is 13.4. The predicted molar refractivity (Wildman–Crippen MR) is 66.3 cm³/mol. The van der Waals surface area contributed by atoms with Crippen LogP contribution in [0.4, 0.5) is 4.39 Å². The van der Waals surface area contributed by atoms with Crippen molar-refractivity contribution in [2.24, 2.45) is 0 Å². The maximum Gasteiger partial charge on any atom is 0.146 e. The molecule has 0 aromatic heterocycles. The number of hydrogen-bond donors (Lipinski definition) is 2. The number of halogens is 2. The van der Waals surface area contributed by atoms with Gasteiger partial charge in [0.1, 0.15) is 5.82 Å². The smallest absolute Gasteiger partial charge is 0.146 e. The first-order valence-electron chi connectivity index (χ1n) is 5.60. The average Bonchev–Trinajstić information content (AvgIpc) is 2.29. The highest BCUT2D eigenvalue weighted by Gasteiger charge is 2.04. The van der Waals surface area contributed by atoms with Crippen molar-refractivity contribution in [3.05, 3.63) is 34.6 Å². The lowest BCUT2D eigenvalue weighted by Gasteiger charge is -2.07. The van der Waals surface area contributed by atoms with Crippen LogP contribution in [-0.2, 0) is 6.54 Å². The Balaban J connectivity index is 2.24. The van der Waals surface area contributed by atoms with Gasteiger partial charge in [-0.15, -0.1) is 0 Å². The minimum Gasteiger partial charge on any atom is -0.315 e. The van der Waals surface area contributed by atoms with Crippen molar-refractivity contribution >= 4 is 11.6 Å². The van der Waals surface area contributed by atoms with Gasteiger partial charge in [-0.2, -0.15) is 0 Å². The van der Waals surface area contributed by atoms with Crippen LogP contribution in [0.5, 0.6) is 0 Å². The molecule has 90 valence electrons. The van der Waals surface area contributed by atoms with Crippen molar-refractivity contribution in [3.63, 3.8) is 0 Å². The Morgan fingerprint density at radius 2 is 1.94 bits per heavy atom. The molecular formula is C12H18ClFN2. The van der Waals surface area contributed by atoms with E-state index in [2.05, 4.69) is 17.6 Å². The fourth-order valence-electron chi connectivity index (χ4n) is 1.39. The standard InChI is InChI=1S/C12H18ClFN2/c1-2-6-15-7-8-16-9-10-4-3-5-11(13)12(10)14/h3-5,15-16H,2,6-9H2,1H3. The Labute approximate surface area is 101 Å². The molecule has 4 heteroatoms. The quantitative estimate of drug-likeness (QED) is 0.721. The largest absolute Gasteiger partial charge is 0.315 e. The summed E-state index contributed by atoms with van der Waals surface area (Å²) in [5.74, 6) is -0.321. The third-order valence-corrected chi connectivity index (χ3v) is 2.54. The van der Waals surface area contributed by atoms with Crippen LogP contribution in [0, 0.1) is 5.82 Å². The molecule has 16 heavy (non-hydrogen) atoms. The van der Waals surface area contributed by atoms with Crippen LogP contribution in [-0.4, -0.2) is 19.6 Å². The van der Waals surface area contributed by atoms with E-state index in [1.54, 1.807) is 18.2 Å². The molecule has 0 radical (unpaired) electrons. The zero-order valence-electron chi connectivity index (χ0n) is 9.52. The summed E-state index contributed by atoms with van der Waals surface area (Å²) in [6.07, 6.45) is 1.13. The molecule has 2 nitrogen and oxygen atoms in total. The van der Waals surface area contributed by atoms with E-state index in [-0.39, 0.29) is 10.8 Å². The zero-order valence-corrected chi connectivity index (χ0v) is 10.3. The van der Waals surface area contributed by atoms with Gasteiger partial charge in [0.2, 0.25) is 0 Å². The molecule has 0 aliphatic heterocycles. The molecule has 0 unspecified atom stereocenters. The number of rotatable bonds is 7. The van der Waals surface area contributed by atoms with E-state index in [9.17, 15) is 4.39 Å². The molecule has 0 atom stereocenters. The molecule has 0 saturated heterocycles. The lowest BCUT2D eigenvalue weighted by Crippen LogP contribution is -2.27. The van der Waals surface area contributed by atoms with E-state index >= 15 is 0 Å². The van der Waals surface area contributed by atoms with Crippen molar-refractivity contribution in [1.82, 2.24) is 10.6 Å². The predicted octanol–water partition coefficient (Wildman–Crippen LogP) is 2.57. The van der Waals surface area contributed by atoms with Gasteiger partial charge < -0.3 is 10.6 Å². The van der Waals surface area contributed by atoms with E-state index in [4.69, 9.17) is 11.6 Å². The summed E-state index contributed by atoms with van der Waals surface area (Å²) in [7, 11) is 0. The fraction of sp³-hybridized carbons (Fsp3) is 0.500. The topological polar surface area (TPSA) is 24.1 Å². The van der Waals surface area contributed by atoms with E-state index in [1.165, 1.54) is 0 Å².